The number of hydrogen-bond donors (Lipinski definition) is 1. The number of fused-ring (bicyclic) bond motifs is 1. The first-order valence-electron chi connectivity index (χ1n) is 7.06. The molecule has 0 spiro atoms. The van der Waals surface area contributed by atoms with Crippen LogP contribution in [0.2, 0.25) is 5.02 Å². The van der Waals surface area contributed by atoms with E-state index < -0.39 is 0 Å². The van der Waals surface area contributed by atoms with E-state index in [0.717, 1.165) is 10.9 Å². The third-order valence-corrected chi connectivity index (χ3v) is 3.81. The van der Waals surface area contributed by atoms with Gasteiger partial charge in [-0.3, -0.25) is 9.59 Å². The number of benzene rings is 2. The molecule has 3 rings (SSSR count). The van der Waals surface area contributed by atoms with Crippen molar-refractivity contribution in [2.24, 2.45) is 0 Å². The van der Waals surface area contributed by atoms with Gasteiger partial charge in [-0.1, -0.05) is 41.9 Å². The quantitative estimate of drug-likeness (QED) is 0.803. The molecule has 23 heavy (non-hydrogen) atoms. The summed E-state index contributed by atoms with van der Waals surface area (Å²) < 4.78 is 1.19. The second-order valence-corrected chi connectivity index (χ2v) is 5.47. The molecule has 0 bridgehead atoms. The van der Waals surface area contributed by atoms with Crippen LogP contribution in [0.3, 0.4) is 0 Å². The topological polar surface area (TPSA) is 64.0 Å². The van der Waals surface area contributed by atoms with Crippen LogP contribution in [0.5, 0.6) is 0 Å². The Morgan fingerprint density at radius 2 is 1.78 bits per heavy atom. The van der Waals surface area contributed by atoms with Crippen molar-refractivity contribution < 1.29 is 4.79 Å². The Morgan fingerprint density at radius 1 is 1.13 bits per heavy atom. The molecule has 1 heterocycles. The van der Waals surface area contributed by atoms with Crippen LogP contribution in [0.1, 0.15) is 0 Å². The lowest BCUT2D eigenvalue weighted by Crippen LogP contribution is -2.32. The molecular weight excluding hydrogens is 314 g/mol. The van der Waals surface area contributed by atoms with Crippen molar-refractivity contribution >= 4 is 28.3 Å². The van der Waals surface area contributed by atoms with Gasteiger partial charge < -0.3 is 5.32 Å². The summed E-state index contributed by atoms with van der Waals surface area (Å²) in [5.41, 5.74) is 1.18. The average Bonchev–Trinajstić information content (AvgIpc) is 2.58. The van der Waals surface area contributed by atoms with Crippen molar-refractivity contribution in [1.82, 2.24) is 15.1 Å². The number of nitrogens with zero attached hydrogens (tertiary/aromatic N) is 2. The number of likely N-dealkylation sites (N-methyl/N-ethyl adjacent to an activating group) is 1. The van der Waals surface area contributed by atoms with Gasteiger partial charge in [0, 0.05) is 23.0 Å². The van der Waals surface area contributed by atoms with Gasteiger partial charge in [0.2, 0.25) is 5.91 Å². The minimum Gasteiger partial charge on any atom is -0.358 e. The van der Waals surface area contributed by atoms with E-state index in [1.165, 1.54) is 11.7 Å². The number of hydrogen-bond acceptors (Lipinski definition) is 3. The van der Waals surface area contributed by atoms with Gasteiger partial charge in [-0.2, -0.15) is 5.10 Å². The maximum absolute atomic E-state index is 12.5. The molecule has 3 aromatic rings. The molecule has 0 atom stereocenters. The van der Waals surface area contributed by atoms with E-state index in [0.29, 0.717) is 16.1 Å². The zero-order valence-corrected chi connectivity index (χ0v) is 13.2. The second-order valence-electron chi connectivity index (χ2n) is 5.04. The molecule has 116 valence electrons. The van der Waals surface area contributed by atoms with Crippen molar-refractivity contribution in [3.63, 3.8) is 0 Å². The normalized spacial score (nSPS) is 10.7. The highest BCUT2D eigenvalue weighted by Gasteiger charge is 2.13. The number of rotatable bonds is 3. The zero-order chi connectivity index (χ0) is 16.4. The Kier molecular flexibility index (Phi) is 4.12. The van der Waals surface area contributed by atoms with Gasteiger partial charge in [0.25, 0.3) is 5.56 Å². The third kappa shape index (κ3) is 2.96. The highest BCUT2D eigenvalue weighted by atomic mass is 35.5. The maximum atomic E-state index is 12.5. The number of amides is 1. The second kappa shape index (κ2) is 6.22. The van der Waals surface area contributed by atoms with E-state index >= 15 is 0 Å². The van der Waals surface area contributed by atoms with Crippen LogP contribution in [-0.2, 0) is 11.3 Å². The third-order valence-electron chi connectivity index (χ3n) is 3.56. The van der Waals surface area contributed by atoms with Crippen LogP contribution in [0.25, 0.3) is 22.0 Å². The average molecular weight is 328 g/mol. The Balaban J connectivity index is 2.27. The summed E-state index contributed by atoms with van der Waals surface area (Å²) in [5.74, 6) is -0.281. The van der Waals surface area contributed by atoms with Crippen LogP contribution in [0, 0.1) is 0 Å². The van der Waals surface area contributed by atoms with Gasteiger partial charge in [0.05, 0.1) is 11.1 Å². The Hall–Kier alpha value is -2.66. The van der Waals surface area contributed by atoms with E-state index in [4.69, 9.17) is 11.6 Å². The van der Waals surface area contributed by atoms with E-state index in [1.54, 1.807) is 24.3 Å². The lowest BCUT2D eigenvalue weighted by molar-refractivity contribution is -0.121. The summed E-state index contributed by atoms with van der Waals surface area (Å²) in [5, 5.41) is 8.78. The van der Waals surface area contributed by atoms with E-state index in [2.05, 4.69) is 10.4 Å². The molecule has 5 nitrogen and oxygen atoms in total. The largest absolute Gasteiger partial charge is 0.358 e. The van der Waals surface area contributed by atoms with Crippen molar-refractivity contribution in [3.05, 3.63) is 63.9 Å². The predicted octanol–water partition coefficient (Wildman–Crippen LogP) is 2.46. The Bertz CT molecular complexity index is 933. The summed E-state index contributed by atoms with van der Waals surface area (Å²) in [6.07, 6.45) is 0. The van der Waals surface area contributed by atoms with Gasteiger partial charge in [-0.25, -0.2) is 4.68 Å². The number of carbonyl (C=O) groups is 1. The minimum atomic E-state index is -0.290. The molecule has 0 saturated carbocycles. The smallest absolute Gasteiger partial charge is 0.275 e. The van der Waals surface area contributed by atoms with Crippen LogP contribution in [0.15, 0.2) is 53.3 Å². The molecule has 0 aliphatic carbocycles. The molecule has 1 amide bonds. The minimum absolute atomic E-state index is 0.124. The number of nitrogens with one attached hydrogen (secondary N) is 1. The fourth-order valence-corrected chi connectivity index (χ4v) is 2.50. The molecule has 0 unspecified atom stereocenters. The highest BCUT2D eigenvalue weighted by Crippen LogP contribution is 2.25. The van der Waals surface area contributed by atoms with Crippen molar-refractivity contribution in [2.75, 3.05) is 7.05 Å². The molecule has 0 aliphatic rings. The van der Waals surface area contributed by atoms with E-state index in [1.807, 2.05) is 24.3 Å². The monoisotopic (exact) mass is 327 g/mol. The molecule has 0 radical (unpaired) electrons. The van der Waals surface area contributed by atoms with E-state index in [9.17, 15) is 9.59 Å². The molecular formula is C17H14ClN3O2. The van der Waals surface area contributed by atoms with Gasteiger partial charge >= 0.3 is 0 Å². The molecule has 0 fully saturated rings. The summed E-state index contributed by atoms with van der Waals surface area (Å²) in [6, 6.07) is 14.4. The summed E-state index contributed by atoms with van der Waals surface area (Å²) >= 11 is 5.93. The fourth-order valence-electron chi connectivity index (χ4n) is 2.38. The Labute approximate surface area is 137 Å². The molecule has 0 saturated heterocycles. The first kappa shape index (κ1) is 15.2. The zero-order valence-electron chi connectivity index (χ0n) is 12.4. The molecule has 1 aromatic heterocycles. The summed E-state index contributed by atoms with van der Waals surface area (Å²) in [4.78, 5) is 24.2. The summed E-state index contributed by atoms with van der Waals surface area (Å²) in [6.45, 7) is -0.124. The highest BCUT2D eigenvalue weighted by molar-refractivity contribution is 6.30. The standard InChI is InChI=1S/C17H14ClN3O2/c1-19-15(22)10-21-17(23)14-5-3-2-4-13(14)16(20-21)11-6-8-12(18)9-7-11/h2-9H,10H2,1H3,(H,19,22). The number of aromatic nitrogens is 2. The van der Waals surface area contributed by atoms with Crippen LogP contribution in [-0.4, -0.2) is 22.7 Å². The van der Waals surface area contributed by atoms with Gasteiger partial charge in [-0.15, -0.1) is 0 Å². The molecule has 1 N–H and O–H groups in total. The van der Waals surface area contributed by atoms with Crippen molar-refractivity contribution in [3.8, 4) is 11.3 Å². The molecule has 6 heteroatoms. The number of halogens is 1. The first-order valence-corrected chi connectivity index (χ1v) is 7.44. The SMILES string of the molecule is CNC(=O)Cn1nc(-c2ccc(Cl)cc2)c2ccccc2c1=O. The fraction of sp³-hybridized carbons (Fsp3) is 0.118. The summed E-state index contributed by atoms with van der Waals surface area (Å²) in [7, 11) is 1.52. The maximum Gasteiger partial charge on any atom is 0.275 e. The van der Waals surface area contributed by atoms with Crippen LogP contribution in [0.4, 0.5) is 0 Å². The predicted molar refractivity (Wildman–Crippen MR) is 90.5 cm³/mol. The van der Waals surface area contributed by atoms with Gasteiger partial charge in [0.1, 0.15) is 6.54 Å². The lowest BCUT2D eigenvalue weighted by atomic mass is 10.1. The van der Waals surface area contributed by atoms with Crippen molar-refractivity contribution in [1.29, 1.82) is 0 Å². The lowest BCUT2D eigenvalue weighted by Gasteiger charge is -2.11. The van der Waals surface area contributed by atoms with Gasteiger partial charge in [0.15, 0.2) is 0 Å². The number of carbonyl (C=O) groups excluding carboxylic acids is 1. The van der Waals surface area contributed by atoms with E-state index in [-0.39, 0.29) is 18.0 Å². The first-order chi connectivity index (χ1) is 11.1. The molecule has 2 aromatic carbocycles. The van der Waals surface area contributed by atoms with Crippen molar-refractivity contribution in [2.45, 2.75) is 6.54 Å². The Morgan fingerprint density at radius 3 is 2.43 bits per heavy atom. The van der Waals surface area contributed by atoms with Gasteiger partial charge in [-0.05, 0) is 18.2 Å². The molecule has 0 aliphatic heterocycles. The van der Waals surface area contributed by atoms with Crippen LogP contribution < -0.4 is 10.9 Å². The van der Waals surface area contributed by atoms with Crippen LogP contribution >= 0.6 is 11.6 Å².